The zero-order valence-corrected chi connectivity index (χ0v) is 13.6. The van der Waals surface area contributed by atoms with E-state index in [1.165, 1.54) is 10.4 Å². The Hall–Kier alpha value is -1.11. The van der Waals surface area contributed by atoms with Gasteiger partial charge in [0.2, 0.25) is 10.0 Å². The number of carbonyl (C=O) groups is 1. The number of hydrogen-bond acceptors (Lipinski definition) is 4. The highest BCUT2D eigenvalue weighted by molar-refractivity contribution is 7.89. The van der Waals surface area contributed by atoms with Crippen molar-refractivity contribution >= 4 is 27.6 Å². The quantitative estimate of drug-likeness (QED) is 0.794. The lowest BCUT2D eigenvalue weighted by molar-refractivity contribution is -0.146. The maximum atomic E-state index is 12.8. The van der Waals surface area contributed by atoms with Crippen LogP contribution in [0.2, 0.25) is 5.02 Å². The van der Waals surface area contributed by atoms with Crippen LogP contribution in [0.3, 0.4) is 0 Å². The van der Waals surface area contributed by atoms with Gasteiger partial charge in [-0.2, -0.15) is 4.31 Å². The molecule has 0 N–H and O–H groups in total. The van der Waals surface area contributed by atoms with Crippen molar-refractivity contribution in [1.82, 2.24) is 4.31 Å². The van der Waals surface area contributed by atoms with Gasteiger partial charge in [0.05, 0.1) is 11.5 Å². The Morgan fingerprint density at radius 2 is 2.19 bits per heavy atom. The summed E-state index contributed by atoms with van der Waals surface area (Å²) in [6.45, 7) is 3.96. The van der Waals surface area contributed by atoms with Gasteiger partial charge in [-0.3, -0.25) is 4.79 Å². The number of esters is 1. The van der Waals surface area contributed by atoms with Gasteiger partial charge in [0.25, 0.3) is 0 Å². The van der Waals surface area contributed by atoms with Crippen LogP contribution in [0.25, 0.3) is 0 Å². The topological polar surface area (TPSA) is 63.7 Å². The normalized spacial score (nSPS) is 19.7. The highest BCUT2D eigenvalue weighted by Crippen LogP contribution is 2.29. The number of hydrogen-bond donors (Lipinski definition) is 0. The highest BCUT2D eigenvalue weighted by Gasteiger charge is 2.40. The van der Waals surface area contributed by atoms with Crippen molar-refractivity contribution in [2.45, 2.75) is 37.6 Å². The van der Waals surface area contributed by atoms with E-state index < -0.39 is 22.0 Å². The Morgan fingerprint density at radius 3 is 2.86 bits per heavy atom. The molecular weight excluding hydrogens is 314 g/mol. The largest absolute Gasteiger partial charge is 0.465 e. The first-order valence-electron chi connectivity index (χ1n) is 6.82. The molecule has 0 aliphatic carbocycles. The van der Waals surface area contributed by atoms with Crippen molar-refractivity contribution < 1.29 is 17.9 Å². The summed E-state index contributed by atoms with van der Waals surface area (Å²) in [6, 6.07) is 3.98. The monoisotopic (exact) mass is 331 g/mol. The third kappa shape index (κ3) is 3.22. The maximum absolute atomic E-state index is 12.8. The highest BCUT2D eigenvalue weighted by atomic mass is 35.5. The molecule has 0 amide bonds. The predicted octanol–water partition coefficient (Wildman–Crippen LogP) is 2.36. The van der Waals surface area contributed by atoms with E-state index in [0.29, 0.717) is 30.0 Å². The fraction of sp³-hybridized carbons (Fsp3) is 0.500. The molecule has 1 aliphatic rings. The Kier molecular flexibility index (Phi) is 4.91. The molecule has 0 bridgehead atoms. The van der Waals surface area contributed by atoms with E-state index >= 15 is 0 Å². The molecule has 1 unspecified atom stereocenters. The second kappa shape index (κ2) is 6.34. The van der Waals surface area contributed by atoms with Gasteiger partial charge in [-0.15, -0.1) is 0 Å². The summed E-state index contributed by atoms with van der Waals surface area (Å²) < 4.78 is 31.8. The van der Waals surface area contributed by atoms with E-state index in [2.05, 4.69) is 0 Å². The van der Waals surface area contributed by atoms with Gasteiger partial charge >= 0.3 is 5.97 Å². The molecule has 0 saturated carbocycles. The van der Waals surface area contributed by atoms with Gasteiger partial charge in [0, 0.05) is 11.6 Å². The van der Waals surface area contributed by atoms with E-state index in [0.717, 1.165) is 0 Å². The molecule has 7 heteroatoms. The second-order valence-corrected chi connectivity index (χ2v) is 7.23. The molecule has 5 nitrogen and oxygen atoms in total. The van der Waals surface area contributed by atoms with E-state index in [-0.39, 0.29) is 11.5 Å². The summed E-state index contributed by atoms with van der Waals surface area (Å²) in [5.41, 5.74) is 0.605. The summed E-state index contributed by atoms with van der Waals surface area (Å²) in [4.78, 5) is 12.1. The fourth-order valence-electron chi connectivity index (χ4n) is 2.48. The molecule has 1 heterocycles. The molecule has 1 atom stereocenters. The molecule has 1 saturated heterocycles. The fourth-order valence-corrected chi connectivity index (χ4v) is 4.62. The molecular formula is C14H18ClNO4S. The second-order valence-electron chi connectivity index (χ2n) is 4.94. The van der Waals surface area contributed by atoms with Gasteiger partial charge in [-0.25, -0.2) is 8.42 Å². The molecule has 21 heavy (non-hydrogen) atoms. The van der Waals surface area contributed by atoms with Crippen LogP contribution in [0, 0.1) is 6.92 Å². The molecule has 0 radical (unpaired) electrons. The van der Waals surface area contributed by atoms with E-state index in [9.17, 15) is 13.2 Å². The SMILES string of the molecule is CCOC(=O)C1CCCN1S(=O)(=O)c1cc(Cl)ccc1C. The summed E-state index contributed by atoms with van der Waals surface area (Å²) in [6.07, 6.45) is 1.13. The number of rotatable bonds is 4. The lowest BCUT2D eigenvalue weighted by Gasteiger charge is -2.23. The van der Waals surface area contributed by atoms with Gasteiger partial charge in [0.1, 0.15) is 6.04 Å². The molecule has 0 aromatic heterocycles. The first-order valence-corrected chi connectivity index (χ1v) is 8.64. The first-order chi connectivity index (χ1) is 9.87. The zero-order chi connectivity index (χ0) is 15.6. The number of halogens is 1. The molecule has 1 fully saturated rings. The van der Waals surface area contributed by atoms with Crippen molar-refractivity contribution in [3.05, 3.63) is 28.8 Å². The van der Waals surface area contributed by atoms with Crippen molar-refractivity contribution in [1.29, 1.82) is 0 Å². The van der Waals surface area contributed by atoms with E-state index in [1.807, 2.05) is 0 Å². The maximum Gasteiger partial charge on any atom is 0.324 e. The summed E-state index contributed by atoms with van der Waals surface area (Å²) in [7, 11) is -3.76. The third-order valence-corrected chi connectivity index (χ3v) is 5.78. The van der Waals surface area contributed by atoms with Crippen molar-refractivity contribution in [2.75, 3.05) is 13.2 Å². The lowest BCUT2D eigenvalue weighted by atomic mass is 10.2. The van der Waals surface area contributed by atoms with Crippen molar-refractivity contribution in [3.8, 4) is 0 Å². The van der Waals surface area contributed by atoms with Gasteiger partial charge in [-0.1, -0.05) is 17.7 Å². The number of carbonyl (C=O) groups excluding carboxylic acids is 1. The number of ether oxygens (including phenoxy) is 1. The zero-order valence-electron chi connectivity index (χ0n) is 12.0. The average Bonchev–Trinajstić information content (AvgIpc) is 2.92. The Bertz CT molecular complexity index is 644. The van der Waals surface area contributed by atoms with Crippen LogP contribution in [-0.2, 0) is 19.6 Å². The standard InChI is InChI=1S/C14H18ClNO4S/c1-3-20-14(17)12-5-4-8-16(12)21(18,19)13-9-11(15)7-6-10(13)2/h6-7,9,12H,3-5,8H2,1-2H3. The predicted molar refractivity (Wildman–Crippen MR) is 79.7 cm³/mol. The van der Waals surface area contributed by atoms with Crippen molar-refractivity contribution in [2.24, 2.45) is 0 Å². The summed E-state index contributed by atoms with van der Waals surface area (Å²) in [5, 5.41) is 0.353. The summed E-state index contributed by atoms with van der Waals surface area (Å²) in [5.74, 6) is -0.488. The molecule has 2 rings (SSSR count). The number of aryl methyl sites for hydroxylation is 1. The molecule has 1 aliphatic heterocycles. The first kappa shape index (κ1) is 16.3. The smallest absolute Gasteiger partial charge is 0.324 e. The van der Waals surface area contributed by atoms with E-state index in [4.69, 9.17) is 16.3 Å². The van der Waals surface area contributed by atoms with Gasteiger partial charge in [-0.05, 0) is 44.4 Å². The third-order valence-electron chi connectivity index (χ3n) is 3.50. The lowest BCUT2D eigenvalue weighted by Crippen LogP contribution is -2.41. The minimum absolute atomic E-state index is 0.145. The minimum atomic E-state index is -3.76. The Balaban J connectivity index is 2.38. The molecule has 116 valence electrons. The number of nitrogens with zero attached hydrogens (tertiary/aromatic N) is 1. The van der Waals surface area contributed by atoms with Crippen LogP contribution in [0.4, 0.5) is 0 Å². The van der Waals surface area contributed by atoms with Gasteiger partial charge in [0.15, 0.2) is 0 Å². The summed E-state index contributed by atoms with van der Waals surface area (Å²) >= 11 is 5.90. The van der Waals surface area contributed by atoms with Gasteiger partial charge < -0.3 is 4.74 Å². The molecule has 1 aromatic rings. The minimum Gasteiger partial charge on any atom is -0.465 e. The Labute approximate surface area is 129 Å². The van der Waals surface area contributed by atoms with Crippen LogP contribution in [0.5, 0.6) is 0 Å². The number of benzene rings is 1. The molecule has 0 spiro atoms. The van der Waals surface area contributed by atoms with Crippen LogP contribution in [0.1, 0.15) is 25.3 Å². The van der Waals surface area contributed by atoms with Crippen LogP contribution in [0.15, 0.2) is 23.1 Å². The molecule has 1 aromatic carbocycles. The average molecular weight is 332 g/mol. The van der Waals surface area contributed by atoms with Crippen LogP contribution < -0.4 is 0 Å². The van der Waals surface area contributed by atoms with Crippen molar-refractivity contribution in [3.63, 3.8) is 0 Å². The Morgan fingerprint density at radius 1 is 1.48 bits per heavy atom. The van der Waals surface area contributed by atoms with Crippen LogP contribution in [-0.4, -0.2) is 37.9 Å². The van der Waals surface area contributed by atoms with E-state index in [1.54, 1.807) is 26.0 Å². The van der Waals surface area contributed by atoms with Crippen LogP contribution >= 0.6 is 11.6 Å². The number of sulfonamides is 1.